The Hall–Kier alpha value is -2.60. The minimum absolute atomic E-state index is 0.0108. The van der Waals surface area contributed by atoms with Gasteiger partial charge in [0.1, 0.15) is 5.75 Å². The lowest BCUT2D eigenvalue weighted by atomic mass is 10.0. The van der Waals surface area contributed by atoms with Crippen molar-refractivity contribution in [3.05, 3.63) is 57.7 Å². The van der Waals surface area contributed by atoms with E-state index in [9.17, 15) is 9.59 Å². The van der Waals surface area contributed by atoms with Gasteiger partial charge in [-0.2, -0.15) is 0 Å². The fourth-order valence-corrected chi connectivity index (χ4v) is 3.95. The van der Waals surface area contributed by atoms with Crippen molar-refractivity contribution in [2.75, 3.05) is 11.9 Å². The number of amides is 1. The summed E-state index contributed by atoms with van der Waals surface area (Å²) in [7, 11) is 0. The van der Waals surface area contributed by atoms with Crippen LogP contribution in [0.2, 0.25) is 0 Å². The largest absolute Gasteiger partial charge is 0.484 e. The summed E-state index contributed by atoms with van der Waals surface area (Å²) in [5, 5.41) is 2.82. The predicted octanol–water partition coefficient (Wildman–Crippen LogP) is 4.78. The molecule has 0 radical (unpaired) electrons. The van der Waals surface area contributed by atoms with Crippen LogP contribution in [-0.4, -0.2) is 17.1 Å². The molecule has 0 bridgehead atoms. The zero-order valence-electron chi connectivity index (χ0n) is 16.0. The molecule has 0 spiro atoms. The number of nitrogens with one attached hydrogen (secondary N) is 1. The Labute approximate surface area is 162 Å². The third kappa shape index (κ3) is 4.39. The Morgan fingerprint density at radius 2 is 1.81 bits per heavy atom. The van der Waals surface area contributed by atoms with Gasteiger partial charge >= 0.3 is 4.87 Å². The number of benzene rings is 2. The highest BCUT2D eigenvalue weighted by atomic mass is 32.1. The van der Waals surface area contributed by atoms with Gasteiger partial charge in [-0.15, -0.1) is 0 Å². The number of nitrogens with zero attached hydrogens (tertiary/aromatic N) is 1. The summed E-state index contributed by atoms with van der Waals surface area (Å²) in [6.45, 7) is 8.16. The van der Waals surface area contributed by atoms with Gasteiger partial charge in [-0.05, 0) is 55.7 Å². The molecule has 142 valence electrons. The van der Waals surface area contributed by atoms with Gasteiger partial charge in [0.15, 0.2) is 6.61 Å². The van der Waals surface area contributed by atoms with E-state index in [1.54, 1.807) is 4.57 Å². The lowest BCUT2D eigenvalue weighted by molar-refractivity contribution is -0.118. The van der Waals surface area contributed by atoms with Gasteiger partial charge in [-0.25, -0.2) is 0 Å². The average molecular weight is 385 g/mol. The maximum absolute atomic E-state index is 12.2. The van der Waals surface area contributed by atoms with Crippen molar-refractivity contribution >= 4 is 33.1 Å². The number of hydrogen-bond donors (Lipinski definition) is 1. The molecule has 1 aromatic heterocycles. The first-order valence-corrected chi connectivity index (χ1v) is 9.84. The van der Waals surface area contributed by atoms with E-state index in [1.165, 1.54) is 16.9 Å². The SMILES string of the molecule is CC(C)c1ccc(OCC(=O)Nc2ccc3c(c2)sc(=O)n3C(C)C)cc1. The number of hydrogen-bond acceptors (Lipinski definition) is 4. The molecule has 5 nitrogen and oxygen atoms in total. The Morgan fingerprint density at radius 1 is 1.11 bits per heavy atom. The summed E-state index contributed by atoms with van der Waals surface area (Å²) in [6.07, 6.45) is 0. The zero-order valence-corrected chi connectivity index (χ0v) is 16.8. The first kappa shape index (κ1) is 19.2. The van der Waals surface area contributed by atoms with E-state index in [1.807, 2.05) is 56.3 Å². The molecule has 0 aliphatic heterocycles. The fraction of sp³-hybridized carbons (Fsp3) is 0.333. The molecule has 2 aromatic carbocycles. The van der Waals surface area contributed by atoms with E-state index in [2.05, 4.69) is 19.2 Å². The maximum Gasteiger partial charge on any atom is 0.308 e. The maximum atomic E-state index is 12.2. The second kappa shape index (κ2) is 7.96. The Kier molecular flexibility index (Phi) is 5.65. The molecule has 6 heteroatoms. The second-order valence-corrected chi connectivity index (χ2v) is 8.07. The monoisotopic (exact) mass is 384 g/mol. The summed E-state index contributed by atoms with van der Waals surface area (Å²) in [5.74, 6) is 0.883. The number of carbonyl (C=O) groups excluding carboxylic acids is 1. The van der Waals surface area contributed by atoms with E-state index in [0.717, 1.165) is 10.2 Å². The molecule has 27 heavy (non-hydrogen) atoms. The smallest absolute Gasteiger partial charge is 0.308 e. The molecule has 0 aliphatic rings. The molecule has 0 fully saturated rings. The number of aromatic nitrogens is 1. The molecule has 3 aromatic rings. The molecule has 0 saturated heterocycles. The molecule has 3 rings (SSSR count). The van der Waals surface area contributed by atoms with Crippen molar-refractivity contribution in [3.63, 3.8) is 0 Å². The van der Waals surface area contributed by atoms with E-state index in [-0.39, 0.29) is 23.4 Å². The quantitative estimate of drug-likeness (QED) is 0.665. The number of ether oxygens (including phenoxy) is 1. The summed E-state index contributed by atoms with van der Waals surface area (Å²) in [4.78, 5) is 24.3. The lowest BCUT2D eigenvalue weighted by Gasteiger charge is -2.10. The Balaban J connectivity index is 1.64. The predicted molar refractivity (Wildman–Crippen MR) is 111 cm³/mol. The summed E-state index contributed by atoms with van der Waals surface area (Å²) >= 11 is 1.19. The highest BCUT2D eigenvalue weighted by Crippen LogP contribution is 2.24. The van der Waals surface area contributed by atoms with Gasteiger partial charge in [0.25, 0.3) is 5.91 Å². The molecule has 1 N–H and O–H groups in total. The molecular weight excluding hydrogens is 360 g/mol. The van der Waals surface area contributed by atoms with Gasteiger partial charge in [0.2, 0.25) is 0 Å². The normalized spacial score (nSPS) is 11.3. The van der Waals surface area contributed by atoms with Gasteiger partial charge < -0.3 is 10.1 Å². The zero-order chi connectivity index (χ0) is 19.6. The van der Waals surface area contributed by atoms with Crippen LogP contribution >= 0.6 is 11.3 Å². The number of fused-ring (bicyclic) bond motifs is 1. The van der Waals surface area contributed by atoms with Crippen LogP contribution in [0.5, 0.6) is 5.75 Å². The van der Waals surface area contributed by atoms with Crippen molar-refractivity contribution in [2.45, 2.75) is 39.7 Å². The Bertz CT molecular complexity index is 1000. The molecule has 0 unspecified atom stereocenters. The minimum Gasteiger partial charge on any atom is -0.484 e. The molecule has 0 aliphatic carbocycles. The summed E-state index contributed by atoms with van der Waals surface area (Å²) in [5.41, 5.74) is 2.77. The number of rotatable bonds is 6. The van der Waals surface area contributed by atoms with Crippen molar-refractivity contribution in [2.24, 2.45) is 0 Å². The number of anilines is 1. The lowest BCUT2D eigenvalue weighted by Crippen LogP contribution is -2.20. The van der Waals surface area contributed by atoms with Gasteiger partial charge in [0, 0.05) is 11.7 Å². The second-order valence-electron chi connectivity index (χ2n) is 7.07. The van der Waals surface area contributed by atoms with Crippen molar-refractivity contribution < 1.29 is 9.53 Å². The van der Waals surface area contributed by atoms with Crippen LogP contribution in [0.15, 0.2) is 47.3 Å². The van der Waals surface area contributed by atoms with Gasteiger partial charge in [0.05, 0.1) is 10.2 Å². The summed E-state index contributed by atoms with van der Waals surface area (Å²) in [6, 6.07) is 13.4. The van der Waals surface area contributed by atoms with Crippen LogP contribution in [0.25, 0.3) is 10.2 Å². The highest BCUT2D eigenvalue weighted by molar-refractivity contribution is 7.16. The van der Waals surface area contributed by atoms with Gasteiger partial charge in [-0.3, -0.25) is 14.2 Å². The van der Waals surface area contributed by atoms with E-state index in [0.29, 0.717) is 17.4 Å². The van der Waals surface area contributed by atoms with Crippen LogP contribution in [0.3, 0.4) is 0 Å². The molecule has 0 saturated carbocycles. The van der Waals surface area contributed by atoms with Crippen molar-refractivity contribution in [1.29, 1.82) is 0 Å². The van der Waals surface area contributed by atoms with Crippen LogP contribution in [0, 0.1) is 0 Å². The van der Waals surface area contributed by atoms with Crippen LogP contribution in [0.4, 0.5) is 5.69 Å². The topological polar surface area (TPSA) is 60.3 Å². The third-order valence-corrected chi connectivity index (χ3v) is 5.25. The van der Waals surface area contributed by atoms with Crippen molar-refractivity contribution in [1.82, 2.24) is 4.57 Å². The average Bonchev–Trinajstić information content (AvgIpc) is 2.95. The van der Waals surface area contributed by atoms with Gasteiger partial charge in [-0.1, -0.05) is 37.3 Å². The van der Waals surface area contributed by atoms with Crippen LogP contribution in [0.1, 0.15) is 45.2 Å². The standard InChI is InChI=1S/C21H24N2O3S/c1-13(2)15-5-8-17(9-6-15)26-12-20(24)22-16-7-10-18-19(11-16)27-21(25)23(18)14(3)4/h5-11,13-14H,12H2,1-4H3,(H,22,24). The van der Waals surface area contributed by atoms with Crippen LogP contribution in [-0.2, 0) is 4.79 Å². The van der Waals surface area contributed by atoms with E-state index >= 15 is 0 Å². The number of carbonyl (C=O) groups is 1. The van der Waals surface area contributed by atoms with Crippen LogP contribution < -0.4 is 14.9 Å². The first-order valence-electron chi connectivity index (χ1n) is 9.03. The Morgan fingerprint density at radius 3 is 2.44 bits per heavy atom. The molecule has 0 atom stereocenters. The molecule has 1 heterocycles. The van der Waals surface area contributed by atoms with E-state index < -0.39 is 0 Å². The summed E-state index contributed by atoms with van der Waals surface area (Å²) < 4.78 is 8.17. The first-order chi connectivity index (χ1) is 12.8. The molecular formula is C21H24N2O3S. The fourth-order valence-electron chi connectivity index (χ4n) is 2.90. The third-order valence-electron chi connectivity index (χ3n) is 4.33. The number of thiazole rings is 1. The van der Waals surface area contributed by atoms with E-state index in [4.69, 9.17) is 4.74 Å². The molecule has 1 amide bonds. The van der Waals surface area contributed by atoms with Crippen molar-refractivity contribution in [3.8, 4) is 5.75 Å². The minimum atomic E-state index is -0.238. The highest BCUT2D eigenvalue weighted by Gasteiger charge is 2.12.